The lowest BCUT2D eigenvalue weighted by Gasteiger charge is -2.31. The Kier molecular flexibility index (Phi) is 10.6. The summed E-state index contributed by atoms with van der Waals surface area (Å²) in [6.45, 7) is 5.64. The molecule has 1 N–H and O–H groups in total. The standard InChI is InChI=1S/C23H26Cl3FN2O2S/c1-4-21(23(31)28-14(2)3)29(11-15-17(24)7-5-8-18(15)25)22(30)13-32-12-16-19(26)9-6-10-20(16)27/h5-10,14,21H,4,11-13H2,1-3H3,(H,28,31). The summed E-state index contributed by atoms with van der Waals surface area (Å²) < 4.78 is 14.0. The quantitative estimate of drug-likeness (QED) is 0.398. The molecule has 2 aromatic rings. The second-order valence-electron chi connectivity index (χ2n) is 7.50. The van der Waals surface area contributed by atoms with Gasteiger partial charge in [0.1, 0.15) is 11.9 Å². The zero-order valence-electron chi connectivity index (χ0n) is 18.1. The zero-order valence-corrected chi connectivity index (χ0v) is 21.2. The lowest BCUT2D eigenvalue weighted by Crippen LogP contribution is -2.51. The third-order valence-corrected chi connectivity index (χ3v) is 6.75. The fraction of sp³-hybridized carbons (Fsp3) is 0.391. The first-order chi connectivity index (χ1) is 15.1. The minimum Gasteiger partial charge on any atom is -0.352 e. The van der Waals surface area contributed by atoms with Gasteiger partial charge in [-0.2, -0.15) is 0 Å². The maximum absolute atomic E-state index is 14.0. The SMILES string of the molecule is CCC(C(=O)NC(C)C)N(Cc1c(Cl)cccc1Cl)C(=O)CSCc1c(F)cccc1Cl. The number of amides is 2. The van der Waals surface area contributed by atoms with Gasteiger partial charge in [-0.1, -0.05) is 53.9 Å². The third kappa shape index (κ3) is 7.27. The lowest BCUT2D eigenvalue weighted by atomic mass is 10.1. The molecule has 0 heterocycles. The van der Waals surface area contributed by atoms with Gasteiger partial charge >= 0.3 is 0 Å². The first-order valence-corrected chi connectivity index (χ1v) is 12.5. The number of nitrogens with one attached hydrogen (secondary N) is 1. The van der Waals surface area contributed by atoms with Crippen molar-refractivity contribution in [1.82, 2.24) is 10.2 Å². The van der Waals surface area contributed by atoms with E-state index in [-0.39, 0.29) is 35.9 Å². The number of nitrogens with zero attached hydrogens (tertiary/aromatic N) is 1. The molecule has 2 rings (SSSR count). The highest BCUT2D eigenvalue weighted by atomic mass is 35.5. The summed E-state index contributed by atoms with van der Waals surface area (Å²) in [4.78, 5) is 27.6. The highest BCUT2D eigenvalue weighted by Crippen LogP contribution is 2.28. The molecule has 0 fully saturated rings. The third-order valence-electron chi connectivity index (χ3n) is 4.74. The Balaban J connectivity index is 2.24. The molecule has 4 nitrogen and oxygen atoms in total. The van der Waals surface area contributed by atoms with Gasteiger partial charge in [-0.05, 0) is 44.5 Å². The Hall–Kier alpha value is -1.47. The summed E-state index contributed by atoms with van der Waals surface area (Å²) in [5.74, 6) is -0.671. The van der Waals surface area contributed by atoms with E-state index in [0.29, 0.717) is 32.6 Å². The molecule has 2 amide bonds. The second-order valence-corrected chi connectivity index (χ2v) is 9.71. The summed E-state index contributed by atoms with van der Waals surface area (Å²) in [5.41, 5.74) is 0.916. The molecule has 0 aliphatic carbocycles. The lowest BCUT2D eigenvalue weighted by molar-refractivity contribution is -0.139. The molecule has 2 aromatic carbocycles. The van der Waals surface area contributed by atoms with E-state index in [1.165, 1.54) is 28.8 Å². The number of carbonyl (C=O) groups excluding carboxylic acids is 2. The molecule has 0 aromatic heterocycles. The van der Waals surface area contributed by atoms with Crippen molar-refractivity contribution < 1.29 is 14.0 Å². The highest BCUT2D eigenvalue weighted by molar-refractivity contribution is 7.99. The molecule has 0 bridgehead atoms. The molecule has 0 spiro atoms. The number of thioether (sulfide) groups is 1. The Morgan fingerprint density at radius 1 is 1.03 bits per heavy atom. The predicted octanol–water partition coefficient (Wildman–Crippen LogP) is 6.35. The van der Waals surface area contributed by atoms with Crippen LogP contribution in [0, 0.1) is 5.82 Å². The van der Waals surface area contributed by atoms with Crippen LogP contribution in [0.15, 0.2) is 36.4 Å². The van der Waals surface area contributed by atoms with Gasteiger partial charge in [0.15, 0.2) is 0 Å². The smallest absolute Gasteiger partial charge is 0.243 e. The number of hydrogen-bond acceptors (Lipinski definition) is 3. The van der Waals surface area contributed by atoms with Crippen molar-refractivity contribution in [3.05, 3.63) is 68.4 Å². The van der Waals surface area contributed by atoms with Crippen LogP contribution in [0.4, 0.5) is 4.39 Å². The van der Waals surface area contributed by atoms with Crippen molar-refractivity contribution in [2.45, 2.75) is 51.6 Å². The van der Waals surface area contributed by atoms with Gasteiger partial charge in [0, 0.05) is 44.5 Å². The van der Waals surface area contributed by atoms with E-state index >= 15 is 0 Å². The minimum atomic E-state index is -0.699. The Morgan fingerprint density at radius 3 is 2.12 bits per heavy atom. The van der Waals surface area contributed by atoms with E-state index < -0.39 is 11.9 Å². The average molecular weight is 520 g/mol. The van der Waals surface area contributed by atoms with Crippen molar-refractivity contribution in [2.24, 2.45) is 0 Å². The van der Waals surface area contributed by atoms with Gasteiger partial charge in [0.05, 0.1) is 5.75 Å². The molecule has 1 atom stereocenters. The summed E-state index contributed by atoms with van der Waals surface area (Å²) in [6, 6.07) is 8.80. The van der Waals surface area contributed by atoms with E-state index in [2.05, 4.69) is 5.32 Å². The Labute approximate surface area is 207 Å². The molecule has 32 heavy (non-hydrogen) atoms. The van der Waals surface area contributed by atoms with Gasteiger partial charge in [-0.15, -0.1) is 11.8 Å². The fourth-order valence-corrected chi connectivity index (χ4v) is 4.91. The van der Waals surface area contributed by atoms with Crippen LogP contribution in [0.3, 0.4) is 0 Å². The molecule has 9 heteroatoms. The summed E-state index contributed by atoms with van der Waals surface area (Å²) in [6.07, 6.45) is 0.413. The van der Waals surface area contributed by atoms with Gasteiger partial charge < -0.3 is 10.2 Å². The van der Waals surface area contributed by atoms with Crippen LogP contribution in [0.25, 0.3) is 0 Å². The Bertz CT molecular complexity index is 918. The van der Waals surface area contributed by atoms with Crippen molar-refractivity contribution >= 4 is 58.4 Å². The molecule has 0 aliphatic heterocycles. The van der Waals surface area contributed by atoms with E-state index in [9.17, 15) is 14.0 Å². The maximum atomic E-state index is 14.0. The summed E-state index contributed by atoms with van der Waals surface area (Å²) in [5, 5.41) is 4.01. The second kappa shape index (κ2) is 12.7. The molecule has 0 saturated carbocycles. The van der Waals surface area contributed by atoms with Crippen LogP contribution in [-0.4, -0.2) is 34.6 Å². The number of hydrogen-bond donors (Lipinski definition) is 1. The van der Waals surface area contributed by atoms with Crippen molar-refractivity contribution in [1.29, 1.82) is 0 Å². The van der Waals surface area contributed by atoms with Crippen LogP contribution < -0.4 is 5.32 Å². The predicted molar refractivity (Wildman–Crippen MR) is 132 cm³/mol. The summed E-state index contributed by atoms with van der Waals surface area (Å²) in [7, 11) is 0. The molecular weight excluding hydrogens is 494 g/mol. The monoisotopic (exact) mass is 518 g/mol. The van der Waals surface area contributed by atoms with Crippen LogP contribution in [0.2, 0.25) is 15.1 Å². The topological polar surface area (TPSA) is 49.4 Å². The fourth-order valence-electron chi connectivity index (χ4n) is 3.15. The van der Waals surface area contributed by atoms with Gasteiger partial charge in [-0.25, -0.2) is 4.39 Å². The maximum Gasteiger partial charge on any atom is 0.243 e. The van der Waals surface area contributed by atoms with E-state index in [1.54, 1.807) is 24.3 Å². The molecule has 1 unspecified atom stereocenters. The van der Waals surface area contributed by atoms with Gasteiger partial charge in [0.25, 0.3) is 0 Å². The van der Waals surface area contributed by atoms with Crippen molar-refractivity contribution in [2.75, 3.05) is 5.75 Å². The molecule has 0 aliphatic rings. The van der Waals surface area contributed by atoms with Gasteiger partial charge in [-0.3, -0.25) is 9.59 Å². The summed E-state index contributed by atoms with van der Waals surface area (Å²) >= 11 is 20.0. The van der Waals surface area contributed by atoms with Crippen LogP contribution in [-0.2, 0) is 21.9 Å². The first kappa shape index (κ1) is 26.8. The van der Waals surface area contributed by atoms with Crippen LogP contribution in [0.5, 0.6) is 0 Å². The molecule has 0 saturated heterocycles. The number of rotatable bonds is 10. The molecule has 174 valence electrons. The normalized spacial score (nSPS) is 12.0. The van der Waals surface area contributed by atoms with Gasteiger partial charge in [0.2, 0.25) is 11.8 Å². The number of halogens is 4. The van der Waals surface area contributed by atoms with E-state index in [0.717, 1.165) is 0 Å². The van der Waals surface area contributed by atoms with Crippen molar-refractivity contribution in [3.63, 3.8) is 0 Å². The Morgan fingerprint density at radius 2 is 1.59 bits per heavy atom. The average Bonchev–Trinajstić information content (AvgIpc) is 2.71. The highest BCUT2D eigenvalue weighted by Gasteiger charge is 2.30. The number of carbonyl (C=O) groups is 2. The largest absolute Gasteiger partial charge is 0.352 e. The first-order valence-electron chi connectivity index (χ1n) is 10.2. The van der Waals surface area contributed by atoms with Crippen LogP contribution in [0.1, 0.15) is 38.3 Å². The van der Waals surface area contributed by atoms with Crippen LogP contribution >= 0.6 is 46.6 Å². The zero-order chi connectivity index (χ0) is 23.8. The molecule has 0 radical (unpaired) electrons. The van der Waals surface area contributed by atoms with Crippen molar-refractivity contribution in [3.8, 4) is 0 Å². The van der Waals surface area contributed by atoms with E-state index in [4.69, 9.17) is 34.8 Å². The minimum absolute atomic E-state index is 0.0399. The van der Waals surface area contributed by atoms with E-state index in [1.807, 2.05) is 20.8 Å². The molecular formula is C23H26Cl3FN2O2S. The number of benzene rings is 2.